The van der Waals surface area contributed by atoms with Crippen molar-refractivity contribution in [2.45, 2.75) is 6.18 Å². The number of hydrogen-bond donors (Lipinski definition) is 0. The van der Waals surface area contributed by atoms with Gasteiger partial charge in [0.1, 0.15) is 0 Å². The van der Waals surface area contributed by atoms with Crippen LogP contribution in [0.5, 0.6) is 0 Å². The maximum absolute atomic E-state index is 13.3. The van der Waals surface area contributed by atoms with Crippen LogP contribution >= 0.6 is 0 Å². The minimum atomic E-state index is -4.87. The number of fused-ring (bicyclic) bond motifs is 1. The fourth-order valence-corrected chi connectivity index (χ4v) is 2.36. The minimum Gasteiger partial charge on any atom is -0.465 e. The van der Waals surface area contributed by atoms with Gasteiger partial charge in [0.25, 0.3) is 5.56 Å². The number of para-hydroxylation sites is 1. The minimum absolute atomic E-state index is 0.0173. The summed E-state index contributed by atoms with van der Waals surface area (Å²) in [5, 5.41) is 3.69. The molecule has 0 atom stereocenters. The molecule has 3 aromatic rings. The van der Waals surface area contributed by atoms with Gasteiger partial charge in [0, 0.05) is 0 Å². The number of aromatic nitrogens is 2. The van der Waals surface area contributed by atoms with Crippen LogP contribution < -0.4 is 5.56 Å². The Labute approximate surface area is 150 Å². The van der Waals surface area contributed by atoms with E-state index in [2.05, 4.69) is 14.8 Å². The molecule has 0 saturated carbocycles. The molecule has 2 aromatic carbocycles. The van der Waals surface area contributed by atoms with E-state index in [4.69, 9.17) is 0 Å². The number of carbonyl (C=O) groups is 1. The lowest BCUT2D eigenvalue weighted by atomic mass is 10.1. The number of rotatable bonds is 3. The fourth-order valence-electron chi connectivity index (χ4n) is 2.36. The Kier molecular flexibility index (Phi) is 4.76. The summed E-state index contributed by atoms with van der Waals surface area (Å²) in [5.74, 6) is -1.97. The van der Waals surface area contributed by atoms with Gasteiger partial charge in [-0.3, -0.25) is 4.79 Å². The fraction of sp³-hybridized carbons (Fsp3) is 0.111. The zero-order chi connectivity index (χ0) is 19.6. The van der Waals surface area contributed by atoms with Gasteiger partial charge in [-0.05, 0) is 29.8 Å². The van der Waals surface area contributed by atoms with Crippen LogP contribution in [0, 0.1) is 0 Å². The molecule has 1 heterocycles. The zero-order valence-corrected chi connectivity index (χ0v) is 13.9. The Morgan fingerprint density at radius 2 is 1.81 bits per heavy atom. The summed E-state index contributed by atoms with van der Waals surface area (Å²) in [4.78, 5) is 27.4. The number of nitrogens with zero attached hydrogens (tertiary/aromatic N) is 3. The van der Waals surface area contributed by atoms with Gasteiger partial charge in [0.2, 0.25) is 5.82 Å². The van der Waals surface area contributed by atoms with Crippen LogP contribution in [0.3, 0.4) is 0 Å². The molecule has 6 nitrogen and oxygen atoms in total. The van der Waals surface area contributed by atoms with Crippen molar-refractivity contribution in [2.75, 3.05) is 7.11 Å². The molecule has 0 aliphatic rings. The van der Waals surface area contributed by atoms with Crippen LogP contribution in [0.1, 0.15) is 21.7 Å². The molecule has 3 rings (SSSR count). The molecule has 0 amide bonds. The van der Waals surface area contributed by atoms with E-state index < -0.39 is 23.5 Å². The number of benzene rings is 2. The first-order valence-corrected chi connectivity index (χ1v) is 7.63. The van der Waals surface area contributed by atoms with Crippen LogP contribution in [0.2, 0.25) is 0 Å². The lowest BCUT2D eigenvalue weighted by molar-refractivity contribution is -0.147. The first kappa shape index (κ1) is 18.3. The Morgan fingerprint density at radius 1 is 1.15 bits per heavy atom. The van der Waals surface area contributed by atoms with Gasteiger partial charge in [-0.25, -0.2) is 9.78 Å². The third kappa shape index (κ3) is 3.71. The summed E-state index contributed by atoms with van der Waals surface area (Å²) in [6, 6.07) is 11.5. The molecule has 1 aromatic heterocycles. The highest BCUT2D eigenvalue weighted by Crippen LogP contribution is 2.27. The van der Waals surface area contributed by atoms with Gasteiger partial charge in [-0.2, -0.15) is 22.9 Å². The number of alkyl halides is 3. The third-order valence-corrected chi connectivity index (χ3v) is 3.66. The van der Waals surface area contributed by atoms with E-state index in [0.717, 1.165) is 6.21 Å². The predicted octanol–water partition coefficient (Wildman–Crippen LogP) is 3.08. The van der Waals surface area contributed by atoms with E-state index in [1.54, 1.807) is 0 Å². The molecule has 0 radical (unpaired) electrons. The highest BCUT2D eigenvalue weighted by Gasteiger charge is 2.37. The van der Waals surface area contributed by atoms with Gasteiger partial charge in [-0.15, -0.1) is 0 Å². The van der Waals surface area contributed by atoms with Crippen LogP contribution in [0.15, 0.2) is 58.4 Å². The molecule has 0 fully saturated rings. The van der Waals surface area contributed by atoms with Crippen molar-refractivity contribution in [1.29, 1.82) is 0 Å². The summed E-state index contributed by atoms with van der Waals surface area (Å²) in [6.45, 7) is 0. The Bertz CT molecular complexity index is 1090. The van der Waals surface area contributed by atoms with Gasteiger partial charge in [-0.1, -0.05) is 24.3 Å². The SMILES string of the molecule is COC(=O)c1ccc(/C=N/n2c(C(F)(F)F)nc3ccccc3c2=O)cc1. The average Bonchev–Trinajstić information content (AvgIpc) is 2.66. The van der Waals surface area contributed by atoms with E-state index in [0.29, 0.717) is 5.56 Å². The second-order valence-electron chi connectivity index (χ2n) is 5.43. The maximum atomic E-state index is 13.3. The number of hydrogen-bond acceptors (Lipinski definition) is 5. The van der Waals surface area contributed by atoms with Crippen molar-refractivity contribution in [3.63, 3.8) is 0 Å². The van der Waals surface area contributed by atoms with Gasteiger partial charge in [0.05, 0.1) is 29.8 Å². The summed E-state index contributed by atoms with van der Waals surface area (Å²) in [7, 11) is 1.23. The quantitative estimate of drug-likeness (QED) is 0.521. The molecular weight excluding hydrogens is 363 g/mol. The van der Waals surface area contributed by atoms with Gasteiger partial charge >= 0.3 is 12.1 Å². The van der Waals surface area contributed by atoms with E-state index >= 15 is 0 Å². The first-order chi connectivity index (χ1) is 12.8. The Balaban J connectivity index is 2.08. The second kappa shape index (κ2) is 7.02. The van der Waals surface area contributed by atoms with Crippen molar-refractivity contribution >= 4 is 23.1 Å². The van der Waals surface area contributed by atoms with E-state index in [1.165, 1.54) is 55.6 Å². The largest absolute Gasteiger partial charge is 0.465 e. The standard InChI is InChI=1S/C18H12F3N3O3/c1-27-16(26)12-8-6-11(7-9-12)10-22-24-15(25)13-4-2-3-5-14(13)23-17(24)18(19,20)21/h2-10H,1H3/b22-10+. The molecular formula is C18H12F3N3O3. The summed E-state index contributed by atoms with van der Waals surface area (Å²) in [6.07, 6.45) is -3.79. The second-order valence-corrected chi connectivity index (χ2v) is 5.43. The van der Waals surface area contributed by atoms with Crippen LogP contribution in [0.25, 0.3) is 10.9 Å². The molecule has 0 saturated heterocycles. The van der Waals surface area contributed by atoms with Gasteiger partial charge < -0.3 is 4.74 Å². The highest BCUT2D eigenvalue weighted by atomic mass is 19.4. The van der Waals surface area contributed by atoms with Crippen molar-refractivity contribution in [1.82, 2.24) is 9.66 Å². The van der Waals surface area contributed by atoms with E-state index in [-0.39, 0.29) is 21.1 Å². The predicted molar refractivity (Wildman–Crippen MR) is 91.8 cm³/mol. The number of halogens is 3. The molecule has 0 spiro atoms. The average molecular weight is 375 g/mol. The first-order valence-electron chi connectivity index (χ1n) is 7.63. The van der Waals surface area contributed by atoms with Crippen LogP contribution in [0.4, 0.5) is 13.2 Å². The number of esters is 1. The van der Waals surface area contributed by atoms with Gasteiger partial charge in [0.15, 0.2) is 0 Å². The van der Waals surface area contributed by atoms with Crippen molar-refractivity contribution in [3.05, 3.63) is 75.8 Å². The Hall–Kier alpha value is -3.49. The lowest BCUT2D eigenvalue weighted by Gasteiger charge is -2.11. The monoisotopic (exact) mass is 375 g/mol. The van der Waals surface area contributed by atoms with E-state index in [9.17, 15) is 22.8 Å². The molecule has 9 heteroatoms. The molecule has 27 heavy (non-hydrogen) atoms. The molecule has 0 aliphatic heterocycles. The highest BCUT2D eigenvalue weighted by molar-refractivity contribution is 5.90. The molecule has 0 N–H and O–H groups in total. The summed E-state index contributed by atoms with van der Waals surface area (Å²) < 4.78 is 44.7. The third-order valence-electron chi connectivity index (χ3n) is 3.66. The number of carbonyl (C=O) groups excluding carboxylic acids is 1. The normalized spacial score (nSPS) is 11.9. The zero-order valence-electron chi connectivity index (χ0n) is 13.9. The number of methoxy groups -OCH3 is 1. The van der Waals surface area contributed by atoms with Crippen LogP contribution in [-0.2, 0) is 10.9 Å². The Morgan fingerprint density at radius 3 is 2.44 bits per heavy atom. The molecule has 0 unspecified atom stereocenters. The van der Waals surface area contributed by atoms with Crippen molar-refractivity contribution in [3.8, 4) is 0 Å². The topological polar surface area (TPSA) is 73.5 Å². The summed E-state index contributed by atoms with van der Waals surface area (Å²) >= 11 is 0. The van der Waals surface area contributed by atoms with Crippen molar-refractivity contribution in [2.24, 2.45) is 5.10 Å². The molecule has 0 aliphatic carbocycles. The molecule has 0 bridgehead atoms. The number of ether oxygens (including phenoxy) is 1. The summed E-state index contributed by atoms with van der Waals surface area (Å²) in [5.41, 5.74) is -0.343. The lowest BCUT2D eigenvalue weighted by Crippen LogP contribution is -2.27. The maximum Gasteiger partial charge on any atom is 0.451 e. The molecule has 138 valence electrons. The smallest absolute Gasteiger partial charge is 0.451 e. The van der Waals surface area contributed by atoms with E-state index in [1.807, 2.05) is 0 Å². The van der Waals surface area contributed by atoms with Crippen LogP contribution in [-0.4, -0.2) is 29.0 Å². The van der Waals surface area contributed by atoms with Crippen molar-refractivity contribution < 1.29 is 22.7 Å².